The second-order valence-electron chi connectivity index (χ2n) is 6.32. The number of pyridine rings is 1. The minimum Gasteiger partial charge on any atom is -0.392 e. The van der Waals surface area contributed by atoms with Gasteiger partial charge in [0, 0.05) is 38.0 Å². The summed E-state index contributed by atoms with van der Waals surface area (Å²) in [7, 11) is 1.68. The average molecular weight is 365 g/mol. The molecule has 1 amide bonds. The van der Waals surface area contributed by atoms with Crippen LogP contribution in [0.1, 0.15) is 34.7 Å². The predicted octanol–water partition coefficient (Wildman–Crippen LogP) is 1.95. The average Bonchev–Trinajstić information content (AvgIpc) is 3.04. The molecular formula is C17H21ClN4O3. The summed E-state index contributed by atoms with van der Waals surface area (Å²) in [6.45, 7) is 2.39. The summed E-state index contributed by atoms with van der Waals surface area (Å²) >= 11 is 6.03. The molecular weight excluding hydrogens is 344 g/mol. The van der Waals surface area contributed by atoms with Crippen LogP contribution in [0, 0.1) is 0 Å². The molecule has 1 fully saturated rings. The summed E-state index contributed by atoms with van der Waals surface area (Å²) in [5.41, 5.74) is 1.03. The van der Waals surface area contributed by atoms with Crippen molar-refractivity contribution in [3.8, 4) is 0 Å². The van der Waals surface area contributed by atoms with Crippen molar-refractivity contribution >= 4 is 17.5 Å². The summed E-state index contributed by atoms with van der Waals surface area (Å²) in [5, 5.41) is 14.0. The molecule has 2 aromatic rings. The minimum absolute atomic E-state index is 0.242. The van der Waals surface area contributed by atoms with E-state index in [0.717, 1.165) is 24.9 Å². The number of aromatic nitrogens is 2. The van der Waals surface area contributed by atoms with Crippen molar-refractivity contribution in [2.24, 2.45) is 0 Å². The third-order valence-electron chi connectivity index (χ3n) is 4.23. The Labute approximate surface area is 151 Å². The SMILES string of the molecule is CN(Cc1cccnc1Cl)C(=O)c1cc(CN2CCC[C@H](O)C2)on1. The third-order valence-corrected chi connectivity index (χ3v) is 4.57. The highest BCUT2D eigenvalue weighted by Gasteiger charge is 2.22. The van der Waals surface area contributed by atoms with Crippen LogP contribution in [0.5, 0.6) is 0 Å². The molecule has 0 saturated carbocycles. The Bertz CT molecular complexity index is 736. The van der Waals surface area contributed by atoms with E-state index in [9.17, 15) is 9.90 Å². The van der Waals surface area contributed by atoms with Gasteiger partial charge < -0.3 is 14.5 Å². The summed E-state index contributed by atoms with van der Waals surface area (Å²) in [6.07, 6.45) is 3.09. The Morgan fingerprint density at radius 2 is 2.40 bits per heavy atom. The lowest BCUT2D eigenvalue weighted by Gasteiger charge is -2.28. The summed E-state index contributed by atoms with van der Waals surface area (Å²) in [4.78, 5) is 20.1. The number of halogens is 1. The van der Waals surface area contributed by atoms with Crippen LogP contribution < -0.4 is 0 Å². The number of carbonyl (C=O) groups is 1. The van der Waals surface area contributed by atoms with Gasteiger partial charge in [-0.3, -0.25) is 9.69 Å². The number of hydrogen-bond donors (Lipinski definition) is 1. The van der Waals surface area contributed by atoms with Gasteiger partial charge in [0.15, 0.2) is 11.5 Å². The smallest absolute Gasteiger partial charge is 0.276 e. The van der Waals surface area contributed by atoms with Gasteiger partial charge in [0.25, 0.3) is 5.91 Å². The van der Waals surface area contributed by atoms with Crippen molar-refractivity contribution < 1.29 is 14.4 Å². The van der Waals surface area contributed by atoms with Crippen LogP contribution in [0.4, 0.5) is 0 Å². The number of likely N-dealkylation sites (tertiary alicyclic amines) is 1. The first-order valence-electron chi connectivity index (χ1n) is 8.24. The van der Waals surface area contributed by atoms with Gasteiger partial charge in [-0.15, -0.1) is 0 Å². The first-order valence-corrected chi connectivity index (χ1v) is 8.61. The van der Waals surface area contributed by atoms with Crippen LogP contribution in [-0.4, -0.2) is 57.2 Å². The van der Waals surface area contributed by atoms with Crippen LogP contribution >= 0.6 is 11.6 Å². The van der Waals surface area contributed by atoms with E-state index in [0.29, 0.717) is 30.5 Å². The van der Waals surface area contributed by atoms with Crippen molar-refractivity contribution in [1.29, 1.82) is 0 Å². The van der Waals surface area contributed by atoms with Gasteiger partial charge in [0.05, 0.1) is 12.6 Å². The van der Waals surface area contributed by atoms with Gasteiger partial charge in [0.2, 0.25) is 0 Å². The molecule has 0 unspecified atom stereocenters. The van der Waals surface area contributed by atoms with Gasteiger partial charge in [-0.1, -0.05) is 22.8 Å². The summed E-state index contributed by atoms with van der Waals surface area (Å²) < 4.78 is 5.29. The molecule has 1 aliphatic rings. The second kappa shape index (κ2) is 7.95. The fourth-order valence-electron chi connectivity index (χ4n) is 2.94. The lowest BCUT2D eigenvalue weighted by molar-refractivity contribution is 0.0622. The van der Waals surface area contributed by atoms with E-state index < -0.39 is 0 Å². The highest BCUT2D eigenvalue weighted by Crippen LogP contribution is 2.17. The number of piperidine rings is 1. The fourth-order valence-corrected chi connectivity index (χ4v) is 3.12. The molecule has 134 valence electrons. The molecule has 0 bridgehead atoms. The molecule has 0 spiro atoms. The number of aliphatic hydroxyl groups is 1. The zero-order valence-corrected chi connectivity index (χ0v) is 14.8. The number of carbonyl (C=O) groups excluding carboxylic acids is 1. The minimum atomic E-state index is -0.298. The molecule has 0 radical (unpaired) electrons. The molecule has 2 aromatic heterocycles. The Morgan fingerprint density at radius 3 is 3.16 bits per heavy atom. The number of amides is 1. The standard InChI is InChI=1S/C17H21ClN4O3/c1-21(9-12-4-2-6-19-16(12)18)17(24)15-8-14(25-20-15)11-22-7-3-5-13(23)10-22/h2,4,6,8,13,23H,3,5,7,9-11H2,1H3/t13-/m0/s1. The highest BCUT2D eigenvalue weighted by atomic mass is 35.5. The largest absolute Gasteiger partial charge is 0.392 e. The quantitative estimate of drug-likeness (QED) is 0.816. The van der Waals surface area contributed by atoms with E-state index >= 15 is 0 Å². The maximum absolute atomic E-state index is 12.5. The lowest BCUT2D eigenvalue weighted by Crippen LogP contribution is -2.37. The van der Waals surface area contributed by atoms with E-state index in [4.69, 9.17) is 16.1 Å². The Balaban J connectivity index is 1.61. The number of hydrogen-bond acceptors (Lipinski definition) is 6. The van der Waals surface area contributed by atoms with Crippen molar-refractivity contribution in [3.63, 3.8) is 0 Å². The van der Waals surface area contributed by atoms with Gasteiger partial charge in [-0.25, -0.2) is 4.98 Å². The predicted molar refractivity (Wildman–Crippen MR) is 92.1 cm³/mol. The molecule has 3 heterocycles. The van der Waals surface area contributed by atoms with Gasteiger partial charge >= 0.3 is 0 Å². The number of rotatable bonds is 5. The zero-order valence-electron chi connectivity index (χ0n) is 14.1. The van der Waals surface area contributed by atoms with Crippen LogP contribution in [0.3, 0.4) is 0 Å². The number of nitrogens with zero attached hydrogens (tertiary/aromatic N) is 4. The lowest BCUT2D eigenvalue weighted by atomic mass is 10.1. The molecule has 1 atom stereocenters. The van der Waals surface area contributed by atoms with E-state index in [2.05, 4.69) is 15.0 Å². The third kappa shape index (κ3) is 4.56. The van der Waals surface area contributed by atoms with Crippen LogP contribution in [0.15, 0.2) is 28.9 Å². The molecule has 1 aliphatic heterocycles. The normalized spacial score (nSPS) is 18.3. The molecule has 25 heavy (non-hydrogen) atoms. The zero-order chi connectivity index (χ0) is 17.8. The van der Waals surface area contributed by atoms with Gasteiger partial charge in [-0.05, 0) is 25.5 Å². The Morgan fingerprint density at radius 1 is 1.56 bits per heavy atom. The monoisotopic (exact) mass is 364 g/mol. The number of β-amino-alcohol motifs (C(OH)–C–C–N with tert-alkyl or cyclic N) is 1. The molecule has 0 aromatic carbocycles. The van der Waals surface area contributed by atoms with Crippen LogP contribution in [0.2, 0.25) is 5.15 Å². The summed E-state index contributed by atoms with van der Waals surface area (Å²) in [5.74, 6) is 0.374. The van der Waals surface area contributed by atoms with Crippen molar-refractivity contribution in [2.45, 2.75) is 32.0 Å². The Hall–Kier alpha value is -1.96. The van der Waals surface area contributed by atoms with Crippen molar-refractivity contribution in [2.75, 3.05) is 20.1 Å². The fraction of sp³-hybridized carbons (Fsp3) is 0.471. The molecule has 0 aliphatic carbocycles. The molecule has 3 rings (SSSR count). The van der Waals surface area contributed by atoms with E-state index in [1.54, 1.807) is 25.4 Å². The van der Waals surface area contributed by atoms with E-state index in [-0.39, 0.29) is 17.7 Å². The van der Waals surface area contributed by atoms with Gasteiger partial charge in [-0.2, -0.15) is 0 Å². The van der Waals surface area contributed by atoms with Gasteiger partial charge in [0.1, 0.15) is 5.15 Å². The second-order valence-corrected chi connectivity index (χ2v) is 6.68. The molecule has 8 heteroatoms. The van der Waals surface area contributed by atoms with Crippen LogP contribution in [0.25, 0.3) is 0 Å². The maximum atomic E-state index is 12.5. The van der Waals surface area contributed by atoms with Crippen molar-refractivity contribution in [1.82, 2.24) is 19.9 Å². The number of aliphatic hydroxyl groups excluding tert-OH is 1. The molecule has 1 N–H and O–H groups in total. The summed E-state index contributed by atoms with van der Waals surface area (Å²) in [6, 6.07) is 5.26. The van der Waals surface area contributed by atoms with Crippen LogP contribution in [-0.2, 0) is 13.1 Å². The first kappa shape index (κ1) is 17.8. The topological polar surface area (TPSA) is 82.7 Å². The molecule has 7 nitrogen and oxygen atoms in total. The Kier molecular flexibility index (Phi) is 5.67. The van der Waals surface area contributed by atoms with E-state index in [1.165, 1.54) is 4.90 Å². The van der Waals surface area contributed by atoms with Crippen molar-refractivity contribution in [3.05, 3.63) is 46.6 Å². The maximum Gasteiger partial charge on any atom is 0.276 e. The molecule has 1 saturated heterocycles. The highest BCUT2D eigenvalue weighted by molar-refractivity contribution is 6.30. The first-order chi connectivity index (χ1) is 12.0. The van der Waals surface area contributed by atoms with E-state index in [1.807, 2.05) is 6.07 Å².